The van der Waals surface area contributed by atoms with Crippen LogP contribution in [0.4, 0.5) is 4.39 Å². The number of nitrogens with one attached hydrogen (secondary N) is 2. The van der Waals surface area contributed by atoms with E-state index in [1.807, 2.05) is 13.8 Å². The molecule has 1 aliphatic heterocycles. The number of hydrogen-bond donors (Lipinski definition) is 2. The molecule has 0 aliphatic carbocycles. The zero-order valence-corrected chi connectivity index (χ0v) is 16.4. The Morgan fingerprint density at radius 3 is 2.56 bits per heavy atom. The highest BCUT2D eigenvalue weighted by atomic mass is 32.2. The Morgan fingerprint density at radius 1 is 1.26 bits per heavy atom. The molecule has 2 amide bonds. The quantitative estimate of drug-likeness (QED) is 0.722. The minimum Gasteiger partial charge on any atom is -0.355 e. The average Bonchev–Trinajstić information content (AvgIpc) is 2.61. The fraction of sp³-hybridized carbons (Fsp3) is 0.556. The van der Waals surface area contributed by atoms with Gasteiger partial charge in [0.1, 0.15) is 5.82 Å². The summed E-state index contributed by atoms with van der Waals surface area (Å²) in [4.78, 5) is 24.0. The second kappa shape index (κ2) is 9.27. The first-order valence-corrected chi connectivity index (χ1v) is 10.5. The molecule has 1 fully saturated rings. The van der Waals surface area contributed by atoms with Gasteiger partial charge in [-0.3, -0.25) is 9.59 Å². The number of amides is 2. The molecule has 0 radical (unpaired) electrons. The van der Waals surface area contributed by atoms with Crippen molar-refractivity contribution >= 4 is 21.8 Å². The third kappa shape index (κ3) is 6.00. The molecular weight excluding hydrogens is 373 g/mol. The Labute approximate surface area is 159 Å². The van der Waals surface area contributed by atoms with Crippen LogP contribution in [0.2, 0.25) is 0 Å². The van der Waals surface area contributed by atoms with Crippen LogP contribution < -0.4 is 10.6 Å². The number of rotatable bonds is 7. The average molecular weight is 399 g/mol. The Balaban J connectivity index is 1.92. The molecule has 1 saturated heterocycles. The molecule has 2 N–H and O–H groups in total. The van der Waals surface area contributed by atoms with Crippen molar-refractivity contribution in [3.05, 3.63) is 30.1 Å². The van der Waals surface area contributed by atoms with Crippen molar-refractivity contribution in [3.63, 3.8) is 0 Å². The van der Waals surface area contributed by atoms with Crippen molar-refractivity contribution in [1.82, 2.24) is 14.9 Å². The number of benzene rings is 1. The fourth-order valence-corrected chi connectivity index (χ4v) is 4.49. The summed E-state index contributed by atoms with van der Waals surface area (Å²) < 4.78 is 39.7. The smallest absolute Gasteiger partial charge is 0.243 e. The molecule has 2 rings (SSSR count). The Hall–Kier alpha value is -2.00. The highest BCUT2D eigenvalue weighted by Crippen LogP contribution is 2.24. The first-order valence-electron chi connectivity index (χ1n) is 9.03. The van der Waals surface area contributed by atoms with Gasteiger partial charge in [0, 0.05) is 32.1 Å². The number of halogens is 1. The molecule has 0 bridgehead atoms. The van der Waals surface area contributed by atoms with Crippen molar-refractivity contribution in [1.29, 1.82) is 0 Å². The van der Waals surface area contributed by atoms with E-state index in [-0.39, 0.29) is 42.3 Å². The van der Waals surface area contributed by atoms with Crippen LogP contribution in [0.25, 0.3) is 0 Å². The monoisotopic (exact) mass is 399 g/mol. The van der Waals surface area contributed by atoms with E-state index in [2.05, 4.69) is 10.6 Å². The zero-order chi connectivity index (χ0) is 20.0. The van der Waals surface area contributed by atoms with Gasteiger partial charge in [0.05, 0.1) is 10.8 Å². The fourth-order valence-electron chi connectivity index (χ4n) is 2.97. The van der Waals surface area contributed by atoms with E-state index in [0.717, 1.165) is 12.1 Å². The van der Waals surface area contributed by atoms with Crippen LogP contribution in [0.1, 0.15) is 33.1 Å². The lowest BCUT2D eigenvalue weighted by atomic mass is 9.99. The van der Waals surface area contributed by atoms with E-state index in [1.165, 1.54) is 16.4 Å². The first-order chi connectivity index (χ1) is 12.7. The molecule has 7 nitrogen and oxygen atoms in total. The zero-order valence-electron chi connectivity index (χ0n) is 15.6. The molecule has 1 aromatic rings. The van der Waals surface area contributed by atoms with Gasteiger partial charge in [-0.1, -0.05) is 0 Å². The molecule has 0 saturated carbocycles. The van der Waals surface area contributed by atoms with Crippen molar-refractivity contribution in [2.45, 2.75) is 44.0 Å². The molecule has 27 heavy (non-hydrogen) atoms. The second-order valence-corrected chi connectivity index (χ2v) is 8.86. The van der Waals surface area contributed by atoms with Gasteiger partial charge in [0.15, 0.2) is 0 Å². The van der Waals surface area contributed by atoms with E-state index in [1.54, 1.807) is 0 Å². The highest BCUT2D eigenvalue weighted by Gasteiger charge is 2.33. The Kier molecular flexibility index (Phi) is 7.32. The van der Waals surface area contributed by atoms with E-state index in [0.29, 0.717) is 19.4 Å². The van der Waals surface area contributed by atoms with Gasteiger partial charge in [-0.25, -0.2) is 12.8 Å². The molecular formula is C18H26FN3O4S. The van der Waals surface area contributed by atoms with Crippen molar-refractivity contribution in [2.24, 2.45) is 5.92 Å². The number of sulfonamides is 1. The summed E-state index contributed by atoms with van der Waals surface area (Å²) in [6.07, 6.45) is 1.32. The summed E-state index contributed by atoms with van der Waals surface area (Å²) >= 11 is 0. The maximum absolute atomic E-state index is 13.0. The van der Waals surface area contributed by atoms with Gasteiger partial charge in [-0.15, -0.1) is 0 Å². The molecule has 1 heterocycles. The number of hydrogen-bond acceptors (Lipinski definition) is 4. The third-order valence-electron chi connectivity index (χ3n) is 4.31. The van der Waals surface area contributed by atoms with Crippen molar-refractivity contribution in [2.75, 3.05) is 19.6 Å². The van der Waals surface area contributed by atoms with Crippen LogP contribution in [0, 0.1) is 11.7 Å². The molecule has 0 aromatic heterocycles. The van der Waals surface area contributed by atoms with Crippen LogP contribution in [0.15, 0.2) is 29.2 Å². The third-order valence-corrected chi connectivity index (χ3v) is 6.19. The predicted molar refractivity (Wildman–Crippen MR) is 98.8 cm³/mol. The predicted octanol–water partition coefficient (Wildman–Crippen LogP) is 1.26. The second-order valence-electron chi connectivity index (χ2n) is 6.92. The number of nitrogens with zero attached hydrogens (tertiary/aromatic N) is 1. The van der Waals surface area contributed by atoms with Crippen LogP contribution in [0.3, 0.4) is 0 Å². The summed E-state index contributed by atoms with van der Waals surface area (Å²) in [5, 5.41) is 5.45. The molecule has 0 spiro atoms. The minimum atomic E-state index is -3.77. The summed E-state index contributed by atoms with van der Waals surface area (Å²) in [6, 6.07) is 4.69. The minimum absolute atomic E-state index is 0.00955. The van der Waals surface area contributed by atoms with Crippen molar-refractivity contribution < 1.29 is 22.4 Å². The topological polar surface area (TPSA) is 95.6 Å². The molecule has 1 aromatic carbocycles. The maximum atomic E-state index is 13.0. The molecule has 0 unspecified atom stereocenters. The van der Waals surface area contributed by atoms with Crippen LogP contribution >= 0.6 is 0 Å². The van der Waals surface area contributed by atoms with Crippen LogP contribution in [0.5, 0.6) is 0 Å². The van der Waals surface area contributed by atoms with Gasteiger partial charge in [-0.05, 0) is 51.0 Å². The molecule has 9 heteroatoms. The van der Waals surface area contributed by atoms with E-state index >= 15 is 0 Å². The number of carbonyl (C=O) groups is 2. The Bertz CT molecular complexity index is 765. The largest absolute Gasteiger partial charge is 0.355 e. The molecule has 150 valence electrons. The van der Waals surface area contributed by atoms with Gasteiger partial charge < -0.3 is 10.6 Å². The normalized spacial score (nSPS) is 18.3. The van der Waals surface area contributed by atoms with E-state index in [4.69, 9.17) is 0 Å². The summed E-state index contributed by atoms with van der Waals surface area (Å²) in [7, 11) is -3.77. The van der Waals surface area contributed by atoms with E-state index in [9.17, 15) is 22.4 Å². The summed E-state index contributed by atoms with van der Waals surface area (Å²) in [5.74, 6) is -1.38. The lowest BCUT2D eigenvalue weighted by Gasteiger charge is -2.31. The summed E-state index contributed by atoms with van der Waals surface area (Å²) in [5.41, 5.74) is 0. The lowest BCUT2D eigenvalue weighted by Crippen LogP contribution is -2.46. The maximum Gasteiger partial charge on any atom is 0.243 e. The van der Waals surface area contributed by atoms with Gasteiger partial charge >= 0.3 is 0 Å². The Morgan fingerprint density at radius 2 is 1.93 bits per heavy atom. The SMILES string of the molecule is CC(C)NC(=O)CCNC(=O)[C@@H]1CCCN(S(=O)(=O)c2ccc(F)cc2)C1. The summed E-state index contributed by atoms with van der Waals surface area (Å²) in [6.45, 7) is 4.31. The van der Waals surface area contributed by atoms with Gasteiger partial charge in [0.25, 0.3) is 0 Å². The standard InChI is InChI=1S/C18H26FN3O4S/c1-13(2)21-17(23)9-10-20-18(24)14-4-3-11-22(12-14)27(25,26)16-7-5-15(19)6-8-16/h5-8,13-14H,3-4,9-12H2,1-2H3,(H,20,24)(H,21,23)/t14-/m1/s1. The van der Waals surface area contributed by atoms with E-state index < -0.39 is 21.8 Å². The van der Waals surface area contributed by atoms with Crippen LogP contribution in [-0.4, -0.2) is 50.2 Å². The number of carbonyl (C=O) groups excluding carboxylic acids is 2. The molecule has 1 atom stereocenters. The van der Waals surface area contributed by atoms with Gasteiger partial charge in [0.2, 0.25) is 21.8 Å². The van der Waals surface area contributed by atoms with Gasteiger partial charge in [-0.2, -0.15) is 4.31 Å². The first kappa shape index (κ1) is 21.3. The van der Waals surface area contributed by atoms with Crippen molar-refractivity contribution in [3.8, 4) is 0 Å². The molecule has 1 aliphatic rings. The highest BCUT2D eigenvalue weighted by molar-refractivity contribution is 7.89. The van der Waals surface area contributed by atoms with Crippen LogP contribution in [-0.2, 0) is 19.6 Å². The number of piperidine rings is 1. The lowest BCUT2D eigenvalue weighted by molar-refractivity contribution is -0.126.